The standard InChI is InChI=1S/C15H30N2/c1-16-13-14-9-11-17(12-10-14)15-7-5-3-2-4-6-8-15/h14-16H,2-13H2,1H3. The minimum absolute atomic E-state index is 0.922. The largest absolute Gasteiger partial charge is 0.319 e. The molecule has 0 spiro atoms. The second-order valence-corrected chi connectivity index (χ2v) is 6.04. The molecule has 0 atom stereocenters. The molecule has 2 fully saturated rings. The maximum Gasteiger partial charge on any atom is 0.00952 e. The van der Waals surface area contributed by atoms with Gasteiger partial charge < -0.3 is 10.2 Å². The zero-order valence-electron chi connectivity index (χ0n) is 11.6. The SMILES string of the molecule is CNCC1CCN(C2CCCCCCC2)CC1. The highest BCUT2D eigenvalue weighted by molar-refractivity contribution is 4.80. The molecule has 0 amide bonds. The lowest BCUT2D eigenvalue weighted by atomic mass is 9.91. The second-order valence-electron chi connectivity index (χ2n) is 6.04. The van der Waals surface area contributed by atoms with Gasteiger partial charge in [-0.3, -0.25) is 0 Å². The number of nitrogens with one attached hydrogen (secondary N) is 1. The summed E-state index contributed by atoms with van der Waals surface area (Å²) in [5.41, 5.74) is 0. The zero-order valence-corrected chi connectivity index (χ0v) is 11.6. The van der Waals surface area contributed by atoms with Gasteiger partial charge in [-0.1, -0.05) is 32.1 Å². The van der Waals surface area contributed by atoms with Gasteiger partial charge in [-0.15, -0.1) is 0 Å². The van der Waals surface area contributed by atoms with Gasteiger partial charge in [-0.2, -0.15) is 0 Å². The summed E-state index contributed by atoms with van der Waals surface area (Å²) in [5, 5.41) is 3.33. The van der Waals surface area contributed by atoms with Gasteiger partial charge >= 0.3 is 0 Å². The number of hydrogen-bond donors (Lipinski definition) is 1. The summed E-state index contributed by atoms with van der Waals surface area (Å²) in [6, 6.07) is 0.922. The van der Waals surface area contributed by atoms with Crippen LogP contribution in [-0.2, 0) is 0 Å². The summed E-state index contributed by atoms with van der Waals surface area (Å²) >= 11 is 0. The van der Waals surface area contributed by atoms with Crippen molar-refractivity contribution in [1.82, 2.24) is 10.2 Å². The summed E-state index contributed by atoms with van der Waals surface area (Å²) in [6.45, 7) is 3.94. The van der Waals surface area contributed by atoms with Crippen LogP contribution in [0.1, 0.15) is 57.8 Å². The molecule has 2 rings (SSSR count). The van der Waals surface area contributed by atoms with E-state index >= 15 is 0 Å². The minimum atomic E-state index is 0.922. The van der Waals surface area contributed by atoms with Gasteiger partial charge in [0.05, 0.1) is 0 Å². The normalized spacial score (nSPS) is 26.6. The minimum Gasteiger partial charge on any atom is -0.319 e. The summed E-state index contributed by atoms with van der Waals surface area (Å²) in [6.07, 6.45) is 13.2. The summed E-state index contributed by atoms with van der Waals surface area (Å²) in [4.78, 5) is 2.80. The van der Waals surface area contributed by atoms with Crippen LogP contribution in [-0.4, -0.2) is 37.6 Å². The van der Waals surface area contributed by atoms with E-state index in [0.717, 1.165) is 12.0 Å². The molecule has 2 aliphatic rings. The summed E-state index contributed by atoms with van der Waals surface area (Å²) < 4.78 is 0. The quantitative estimate of drug-likeness (QED) is 0.813. The second kappa shape index (κ2) is 7.38. The van der Waals surface area contributed by atoms with Crippen molar-refractivity contribution in [2.45, 2.75) is 63.8 Å². The van der Waals surface area contributed by atoms with Crippen LogP contribution < -0.4 is 5.32 Å². The van der Waals surface area contributed by atoms with Crippen LogP contribution in [0.4, 0.5) is 0 Å². The van der Waals surface area contributed by atoms with Gasteiger partial charge in [-0.05, 0) is 58.3 Å². The predicted molar refractivity (Wildman–Crippen MR) is 74.3 cm³/mol. The molecule has 0 radical (unpaired) electrons. The van der Waals surface area contributed by atoms with E-state index in [2.05, 4.69) is 17.3 Å². The maximum atomic E-state index is 3.33. The molecule has 17 heavy (non-hydrogen) atoms. The number of piperidine rings is 1. The molecule has 0 aromatic heterocycles. The van der Waals surface area contributed by atoms with Crippen LogP contribution in [0.5, 0.6) is 0 Å². The Morgan fingerprint density at radius 1 is 0.882 bits per heavy atom. The Kier molecular flexibility index (Phi) is 5.79. The van der Waals surface area contributed by atoms with E-state index in [1.165, 1.54) is 77.4 Å². The first-order valence-electron chi connectivity index (χ1n) is 7.79. The fourth-order valence-electron chi connectivity index (χ4n) is 3.61. The Morgan fingerprint density at radius 3 is 2.06 bits per heavy atom. The zero-order chi connectivity index (χ0) is 11.9. The molecule has 0 aromatic rings. The highest BCUT2D eigenvalue weighted by Gasteiger charge is 2.24. The molecule has 0 bridgehead atoms. The molecule has 1 N–H and O–H groups in total. The van der Waals surface area contributed by atoms with Crippen molar-refractivity contribution in [2.24, 2.45) is 5.92 Å². The predicted octanol–water partition coefficient (Wildman–Crippen LogP) is 3.03. The lowest BCUT2D eigenvalue weighted by Crippen LogP contribution is -2.43. The van der Waals surface area contributed by atoms with Crippen LogP contribution in [0, 0.1) is 5.92 Å². The number of hydrogen-bond acceptors (Lipinski definition) is 2. The van der Waals surface area contributed by atoms with Crippen LogP contribution in [0.3, 0.4) is 0 Å². The van der Waals surface area contributed by atoms with E-state index in [1.54, 1.807) is 0 Å². The van der Waals surface area contributed by atoms with Gasteiger partial charge in [0.25, 0.3) is 0 Å². The lowest BCUT2D eigenvalue weighted by molar-refractivity contribution is 0.113. The van der Waals surface area contributed by atoms with Crippen molar-refractivity contribution < 1.29 is 0 Å². The van der Waals surface area contributed by atoms with E-state index < -0.39 is 0 Å². The highest BCUT2D eigenvalue weighted by Crippen LogP contribution is 2.25. The van der Waals surface area contributed by atoms with Gasteiger partial charge in [0, 0.05) is 6.04 Å². The fraction of sp³-hybridized carbons (Fsp3) is 1.00. The third kappa shape index (κ3) is 4.26. The fourth-order valence-corrected chi connectivity index (χ4v) is 3.61. The molecular formula is C15H30N2. The Bertz CT molecular complexity index is 189. The summed E-state index contributed by atoms with van der Waals surface area (Å²) in [5.74, 6) is 0.935. The van der Waals surface area contributed by atoms with E-state index in [4.69, 9.17) is 0 Å². The van der Waals surface area contributed by atoms with Gasteiger partial charge in [-0.25, -0.2) is 0 Å². The molecule has 1 saturated heterocycles. The topological polar surface area (TPSA) is 15.3 Å². The molecule has 0 unspecified atom stereocenters. The molecule has 1 aliphatic carbocycles. The number of likely N-dealkylation sites (tertiary alicyclic amines) is 1. The Labute approximate surface area is 107 Å². The van der Waals surface area contributed by atoms with Gasteiger partial charge in [0.2, 0.25) is 0 Å². The Morgan fingerprint density at radius 2 is 1.47 bits per heavy atom. The van der Waals surface area contributed by atoms with Crippen molar-refractivity contribution in [2.75, 3.05) is 26.7 Å². The van der Waals surface area contributed by atoms with Crippen molar-refractivity contribution >= 4 is 0 Å². The molecule has 2 nitrogen and oxygen atoms in total. The first kappa shape index (κ1) is 13.4. The maximum absolute atomic E-state index is 3.33. The van der Waals surface area contributed by atoms with Crippen LogP contribution in [0.15, 0.2) is 0 Å². The highest BCUT2D eigenvalue weighted by atomic mass is 15.2. The van der Waals surface area contributed by atoms with E-state index in [9.17, 15) is 0 Å². The van der Waals surface area contributed by atoms with Crippen LogP contribution in [0.2, 0.25) is 0 Å². The van der Waals surface area contributed by atoms with Crippen LogP contribution in [0.25, 0.3) is 0 Å². The van der Waals surface area contributed by atoms with Crippen molar-refractivity contribution in [3.8, 4) is 0 Å². The average Bonchev–Trinajstić information content (AvgIpc) is 2.30. The first-order chi connectivity index (χ1) is 8.40. The number of rotatable bonds is 3. The Hall–Kier alpha value is -0.0800. The monoisotopic (exact) mass is 238 g/mol. The molecular weight excluding hydrogens is 208 g/mol. The first-order valence-corrected chi connectivity index (χ1v) is 7.79. The average molecular weight is 238 g/mol. The van der Waals surface area contributed by atoms with E-state index in [1.807, 2.05) is 0 Å². The van der Waals surface area contributed by atoms with E-state index in [-0.39, 0.29) is 0 Å². The molecule has 1 aliphatic heterocycles. The van der Waals surface area contributed by atoms with Gasteiger partial charge in [0.1, 0.15) is 0 Å². The third-order valence-electron chi connectivity index (χ3n) is 4.73. The molecule has 1 saturated carbocycles. The van der Waals surface area contributed by atoms with Crippen molar-refractivity contribution in [3.63, 3.8) is 0 Å². The molecule has 2 heteroatoms. The third-order valence-corrected chi connectivity index (χ3v) is 4.73. The number of nitrogens with zero attached hydrogens (tertiary/aromatic N) is 1. The van der Waals surface area contributed by atoms with Crippen molar-refractivity contribution in [1.29, 1.82) is 0 Å². The summed E-state index contributed by atoms with van der Waals surface area (Å²) in [7, 11) is 2.08. The van der Waals surface area contributed by atoms with Crippen LogP contribution >= 0.6 is 0 Å². The van der Waals surface area contributed by atoms with Crippen molar-refractivity contribution in [3.05, 3.63) is 0 Å². The van der Waals surface area contributed by atoms with Gasteiger partial charge in [0.15, 0.2) is 0 Å². The smallest absolute Gasteiger partial charge is 0.00952 e. The van der Waals surface area contributed by atoms with E-state index in [0.29, 0.717) is 0 Å². The lowest BCUT2D eigenvalue weighted by Gasteiger charge is -2.38. The molecule has 100 valence electrons. The molecule has 0 aromatic carbocycles. The Balaban J connectivity index is 1.74. The molecule has 1 heterocycles.